The van der Waals surface area contributed by atoms with Crippen LogP contribution < -0.4 is 9.47 Å². The van der Waals surface area contributed by atoms with Crippen LogP contribution in [0.5, 0.6) is 11.5 Å². The highest BCUT2D eigenvalue weighted by Gasteiger charge is 2.12. The Morgan fingerprint density at radius 1 is 1.26 bits per heavy atom. The molecule has 8 heteroatoms. The van der Waals surface area contributed by atoms with Gasteiger partial charge in [0.1, 0.15) is 11.1 Å². The third-order valence-corrected chi connectivity index (χ3v) is 5.05. The van der Waals surface area contributed by atoms with E-state index in [1.54, 1.807) is 18.2 Å². The fraction of sp³-hybridized carbons (Fsp3) is 0.217. The predicted molar refractivity (Wildman–Crippen MR) is 121 cm³/mol. The molecule has 0 saturated heterocycles. The van der Waals surface area contributed by atoms with Crippen molar-refractivity contribution in [2.24, 2.45) is 0 Å². The minimum Gasteiger partial charge on any atom is -0.490 e. The first-order chi connectivity index (χ1) is 14.9. The molecule has 0 radical (unpaired) electrons. The van der Waals surface area contributed by atoms with Crippen molar-refractivity contribution in [1.82, 2.24) is 4.98 Å². The summed E-state index contributed by atoms with van der Waals surface area (Å²) in [6.07, 6.45) is 1.77. The summed E-state index contributed by atoms with van der Waals surface area (Å²) in [7, 11) is 0. The van der Waals surface area contributed by atoms with Gasteiger partial charge in [0.25, 0.3) is 5.69 Å². The zero-order chi connectivity index (χ0) is 22.4. The van der Waals surface area contributed by atoms with Crippen LogP contribution in [0.2, 0.25) is 0 Å². The van der Waals surface area contributed by atoms with Crippen molar-refractivity contribution in [1.29, 1.82) is 5.26 Å². The molecular formula is C23H21N3O4S. The lowest BCUT2D eigenvalue weighted by atomic mass is 10.1. The molecule has 7 nitrogen and oxygen atoms in total. The Morgan fingerprint density at radius 2 is 2.00 bits per heavy atom. The van der Waals surface area contributed by atoms with Gasteiger partial charge in [0.05, 0.1) is 28.9 Å². The topological polar surface area (TPSA) is 98.3 Å². The van der Waals surface area contributed by atoms with Gasteiger partial charge in [-0.1, -0.05) is 6.07 Å². The van der Waals surface area contributed by atoms with Gasteiger partial charge in [-0.15, -0.1) is 11.3 Å². The molecule has 0 N–H and O–H groups in total. The van der Waals surface area contributed by atoms with Crippen molar-refractivity contribution in [3.63, 3.8) is 0 Å². The second-order valence-corrected chi connectivity index (χ2v) is 7.68. The van der Waals surface area contributed by atoms with E-state index < -0.39 is 4.92 Å². The lowest BCUT2D eigenvalue weighted by Gasteiger charge is -2.15. The number of non-ortho nitro benzene ring substituents is 1. The molecular weight excluding hydrogens is 414 g/mol. The van der Waals surface area contributed by atoms with Crippen LogP contribution in [-0.4, -0.2) is 22.6 Å². The molecule has 158 valence electrons. The number of thiazole rings is 1. The van der Waals surface area contributed by atoms with Crippen LogP contribution in [0.1, 0.15) is 31.3 Å². The van der Waals surface area contributed by atoms with Gasteiger partial charge in [-0.2, -0.15) is 5.26 Å². The van der Waals surface area contributed by atoms with Crippen molar-refractivity contribution < 1.29 is 14.4 Å². The first-order valence-corrected chi connectivity index (χ1v) is 10.5. The Balaban J connectivity index is 1.89. The Bertz CT molecular complexity index is 1140. The molecule has 0 aliphatic carbocycles. The molecule has 1 heterocycles. The minimum absolute atomic E-state index is 0.0171. The Morgan fingerprint density at radius 3 is 2.61 bits per heavy atom. The minimum atomic E-state index is -0.444. The van der Waals surface area contributed by atoms with Gasteiger partial charge in [0.15, 0.2) is 11.5 Å². The van der Waals surface area contributed by atoms with Crippen LogP contribution in [-0.2, 0) is 0 Å². The summed E-state index contributed by atoms with van der Waals surface area (Å²) >= 11 is 1.34. The average molecular weight is 436 g/mol. The monoisotopic (exact) mass is 435 g/mol. The maximum atomic E-state index is 10.8. The molecule has 2 aromatic carbocycles. The summed E-state index contributed by atoms with van der Waals surface area (Å²) < 4.78 is 11.5. The quantitative estimate of drug-likeness (QED) is 0.246. The zero-order valence-corrected chi connectivity index (χ0v) is 18.2. The van der Waals surface area contributed by atoms with Crippen LogP contribution in [0, 0.1) is 21.4 Å². The van der Waals surface area contributed by atoms with E-state index in [0.29, 0.717) is 34.4 Å². The average Bonchev–Trinajstić information content (AvgIpc) is 3.23. The molecule has 0 amide bonds. The molecule has 0 unspecified atom stereocenters. The van der Waals surface area contributed by atoms with Gasteiger partial charge in [-0.25, -0.2) is 4.98 Å². The number of nitro benzene ring substituents is 1. The van der Waals surface area contributed by atoms with E-state index in [2.05, 4.69) is 11.1 Å². The third kappa shape index (κ3) is 5.47. The lowest BCUT2D eigenvalue weighted by molar-refractivity contribution is -0.384. The molecule has 0 aliphatic heterocycles. The number of hydrogen-bond donors (Lipinski definition) is 0. The van der Waals surface area contributed by atoms with Crippen LogP contribution in [0.4, 0.5) is 5.69 Å². The standard InChI is InChI=1S/C23H21N3O4S/c1-4-29-22-12-16(5-10-21(22)30-15(2)3)11-18(13-24)23-25-20(14-31-23)17-6-8-19(9-7-17)26(27)28/h5-12,14-15H,4H2,1-3H3/b18-11+. The van der Waals surface area contributed by atoms with Gasteiger partial charge in [-0.05, 0) is 56.7 Å². The highest BCUT2D eigenvalue weighted by atomic mass is 32.1. The number of ether oxygens (including phenoxy) is 2. The molecule has 1 aromatic heterocycles. The van der Waals surface area contributed by atoms with E-state index in [0.717, 1.165) is 11.1 Å². The molecule has 0 fully saturated rings. The second kappa shape index (κ2) is 9.87. The van der Waals surface area contributed by atoms with Gasteiger partial charge in [0, 0.05) is 23.1 Å². The first kappa shape index (κ1) is 22.0. The molecule has 0 saturated carbocycles. The summed E-state index contributed by atoms with van der Waals surface area (Å²) in [6, 6.07) is 13.9. The van der Waals surface area contributed by atoms with Crippen molar-refractivity contribution in [3.8, 4) is 28.8 Å². The Kier molecular flexibility index (Phi) is 7.00. The van der Waals surface area contributed by atoms with E-state index in [-0.39, 0.29) is 11.8 Å². The molecule has 3 rings (SSSR count). The summed E-state index contributed by atoms with van der Waals surface area (Å²) in [5.74, 6) is 1.27. The van der Waals surface area contributed by atoms with Gasteiger partial charge in [-0.3, -0.25) is 10.1 Å². The lowest BCUT2D eigenvalue weighted by Crippen LogP contribution is -2.07. The van der Waals surface area contributed by atoms with Crippen molar-refractivity contribution in [3.05, 3.63) is 68.5 Å². The second-order valence-electron chi connectivity index (χ2n) is 6.82. The summed E-state index contributed by atoms with van der Waals surface area (Å²) in [5.41, 5.74) is 2.64. The fourth-order valence-electron chi connectivity index (χ4n) is 2.83. The summed E-state index contributed by atoms with van der Waals surface area (Å²) in [5, 5.41) is 22.9. The van der Waals surface area contributed by atoms with Crippen molar-refractivity contribution >= 4 is 28.7 Å². The number of allylic oxidation sites excluding steroid dienone is 1. The van der Waals surface area contributed by atoms with Gasteiger partial charge >= 0.3 is 0 Å². The summed E-state index contributed by atoms with van der Waals surface area (Å²) in [6.45, 7) is 6.29. The first-order valence-electron chi connectivity index (χ1n) is 9.67. The number of nitriles is 1. The number of aromatic nitrogens is 1. The largest absolute Gasteiger partial charge is 0.490 e. The maximum Gasteiger partial charge on any atom is 0.269 e. The van der Waals surface area contributed by atoms with E-state index in [9.17, 15) is 15.4 Å². The Labute approximate surface area is 184 Å². The highest BCUT2D eigenvalue weighted by molar-refractivity contribution is 7.11. The van der Waals surface area contributed by atoms with E-state index in [1.165, 1.54) is 23.5 Å². The molecule has 31 heavy (non-hydrogen) atoms. The van der Waals surface area contributed by atoms with Crippen molar-refractivity contribution in [2.75, 3.05) is 6.61 Å². The Hall–Kier alpha value is -3.70. The van der Waals surface area contributed by atoms with Crippen LogP contribution in [0.25, 0.3) is 22.9 Å². The number of nitro groups is 1. The van der Waals surface area contributed by atoms with Crippen LogP contribution >= 0.6 is 11.3 Å². The van der Waals surface area contributed by atoms with E-state index >= 15 is 0 Å². The third-order valence-electron chi connectivity index (χ3n) is 4.17. The number of nitrogens with zero attached hydrogens (tertiary/aromatic N) is 3. The molecule has 0 atom stereocenters. The zero-order valence-electron chi connectivity index (χ0n) is 17.4. The predicted octanol–water partition coefficient (Wildman–Crippen LogP) is 5.97. The van der Waals surface area contributed by atoms with E-state index in [4.69, 9.17) is 9.47 Å². The normalized spacial score (nSPS) is 11.3. The number of rotatable bonds is 8. The molecule has 0 aliphatic rings. The summed E-state index contributed by atoms with van der Waals surface area (Å²) in [4.78, 5) is 14.9. The SMILES string of the molecule is CCOc1cc(/C=C(\C#N)c2nc(-c3ccc([N+](=O)[O-])cc3)cs2)ccc1OC(C)C. The van der Waals surface area contributed by atoms with Crippen LogP contribution in [0.3, 0.4) is 0 Å². The van der Waals surface area contributed by atoms with Crippen molar-refractivity contribution in [2.45, 2.75) is 26.9 Å². The number of hydrogen-bond acceptors (Lipinski definition) is 7. The maximum absolute atomic E-state index is 10.8. The van der Waals surface area contributed by atoms with Gasteiger partial charge in [0.2, 0.25) is 0 Å². The number of benzene rings is 2. The van der Waals surface area contributed by atoms with E-state index in [1.807, 2.05) is 44.4 Å². The smallest absolute Gasteiger partial charge is 0.269 e. The fourth-order valence-corrected chi connectivity index (χ4v) is 3.62. The molecule has 0 bridgehead atoms. The highest BCUT2D eigenvalue weighted by Crippen LogP contribution is 2.32. The molecule has 3 aromatic rings. The van der Waals surface area contributed by atoms with Crippen LogP contribution in [0.15, 0.2) is 47.8 Å². The van der Waals surface area contributed by atoms with Gasteiger partial charge < -0.3 is 9.47 Å². The molecule has 0 spiro atoms.